The molecule has 0 N–H and O–H groups in total. The summed E-state index contributed by atoms with van der Waals surface area (Å²) in [5.41, 5.74) is 2.90. The van der Waals surface area contributed by atoms with E-state index in [9.17, 15) is 0 Å². The maximum absolute atomic E-state index is 6.00. The summed E-state index contributed by atoms with van der Waals surface area (Å²) in [4.78, 5) is 10.8. The van der Waals surface area contributed by atoms with E-state index in [2.05, 4.69) is 9.97 Å². The molecule has 0 fully saturated rings. The van der Waals surface area contributed by atoms with Crippen molar-refractivity contribution in [2.24, 2.45) is 0 Å². The maximum atomic E-state index is 6.00. The summed E-state index contributed by atoms with van der Waals surface area (Å²) in [6.45, 7) is 2.67. The lowest BCUT2D eigenvalue weighted by atomic mass is 10.2. The number of hydrogen-bond acceptors (Lipinski definition) is 3. The molecule has 0 atom stereocenters. The first-order valence-electron chi connectivity index (χ1n) is 5.94. The Morgan fingerprint density at radius 2 is 2.11 bits per heavy atom. The van der Waals surface area contributed by atoms with Crippen molar-refractivity contribution in [1.82, 2.24) is 9.97 Å². The van der Waals surface area contributed by atoms with Crippen LogP contribution in [-0.4, -0.2) is 17.0 Å². The Kier molecular flexibility index (Phi) is 4.61. The van der Waals surface area contributed by atoms with Crippen molar-refractivity contribution in [3.05, 3.63) is 52.4 Å². The first kappa shape index (κ1) is 14.1. The van der Waals surface area contributed by atoms with Gasteiger partial charge in [-0.15, -0.1) is 11.6 Å². The van der Waals surface area contributed by atoms with Crippen molar-refractivity contribution in [1.29, 1.82) is 0 Å². The van der Waals surface area contributed by atoms with Gasteiger partial charge in [0.05, 0.1) is 17.3 Å². The van der Waals surface area contributed by atoms with Gasteiger partial charge in [0, 0.05) is 24.8 Å². The number of aromatic nitrogens is 2. The number of pyridine rings is 2. The van der Waals surface area contributed by atoms with Gasteiger partial charge in [-0.3, -0.25) is 4.98 Å². The standard InChI is InChI=1S/C14H15Cl2N3/c1-10-4-3-5-12(18-10)9-19(2)14-6-11(7-15)13(16)8-17-14/h3-6,8H,7,9H2,1-2H3. The molecule has 0 spiro atoms. The van der Waals surface area contributed by atoms with Gasteiger partial charge in [-0.2, -0.15) is 0 Å². The Balaban J connectivity index is 2.18. The quantitative estimate of drug-likeness (QED) is 0.803. The second-order valence-corrected chi connectivity index (χ2v) is 5.07. The summed E-state index contributed by atoms with van der Waals surface area (Å²) in [6.07, 6.45) is 1.63. The van der Waals surface area contributed by atoms with E-state index in [0.717, 1.165) is 22.8 Å². The van der Waals surface area contributed by atoms with Crippen LogP contribution >= 0.6 is 23.2 Å². The SMILES string of the molecule is Cc1cccc(CN(C)c2cc(CCl)c(Cl)cn2)n1. The van der Waals surface area contributed by atoms with Gasteiger partial charge < -0.3 is 4.90 Å². The first-order valence-corrected chi connectivity index (χ1v) is 6.85. The molecule has 0 saturated heterocycles. The van der Waals surface area contributed by atoms with Crippen LogP contribution in [0.5, 0.6) is 0 Å². The van der Waals surface area contributed by atoms with Crippen LogP contribution in [0.25, 0.3) is 0 Å². The number of alkyl halides is 1. The molecule has 0 amide bonds. The molecule has 0 saturated carbocycles. The minimum absolute atomic E-state index is 0.380. The lowest BCUT2D eigenvalue weighted by Crippen LogP contribution is -2.18. The molecule has 0 aromatic carbocycles. The van der Waals surface area contributed by atoms with Gasteiger partial charge in [0.2, 0.25) is 0 Å². The van der Waals surface area contributed by atoms with E-state index < -0.39 is 0 Å². The molecule has 2 rings (SSSR count). The average Bonchev–Trinajstić information content (AvgIpc) is 2.39. The highest BCUT2D eigenvalue weighted by Gasteiger charge is 2.08. The van der Waals surface area contributed by atoms with Crippen molar-refractivity contribution in [2.45, 2.75) is 19.3 Å². The smallest absolute Gasteiger partial charge is 0.128 e. The second-order valence-electron chi connectivity index (χ2n) is 4.39. The molecular formula is C14H15Cl2N3. The Morgan fingerprint density at radius 3 is 2.79 bits per heavy atom. The second kappa shape index (κ2) is 6.22. The molecule has 0 radical (unpaired) electrons. The monoisotopic (exact) mass is 295 g/mol. The van der Waals surface area contributed by atoms with Crippen molar-refractivity contribution in [3.63, 3.8) is 0 Å². The summed E-state index contributed by atoms with van der Waals surface area (Å²) in [7, 11) is 1.97. The first-order chi connectivity index (χ1) is 9.10. The van der Waals surface area contributed by atoms with Crippen LogP contribution in [0.15, 0.2) is 30.5 Å². The zero-order valence-corrected chi connectivity index (χ0v) is 12.4. The summed E-state index contributed by atoms with van der Waals surface area (Å²) in [5.74, 6) is 1.22. The highest BCUT2D eigenvalue weighted by molar-refractivity contribution is 6.32. The summed E-state index contributed by atoms with van der Waals surface area (Å²) in [5, 5.41) is 0.598. The molecular weight excluding hydrogens is 281 g/mol. The summed E-state index contributed by atoms with van der Waals surface area (Å²) in [6, 6.07) is 7.90. The Hall–Kier alpha value is -1.32. The van der Waals surface area contributed by atoms with Crippen LogP contribution in [-0.2, 0) is 12.4 Å². The molecule has 0 aliphatic carbocycles. The van der Waals surface area contributed by atoms with Gasteiger partial charge in [-0.1, -0.05) is 17.7 Å². The third-order valence-corrected chi connectivity index (χ3v) is 3.43. The zero-order valence-electron chi connectivity index (χ0n) is 10.9. The third-order valence-electron chi connectivity index (χ3n) is 2.80. The average molecular weight is 296 g/mol. The molecule has 0 bridgehead atoms. The molecule has 3 nitrogen and oxygen atoms in total. The van der Waals surface area contributed by atoms with Crippen LogP contribution in [0.2, 0.25) is 5.02 Å². The van der Waals surface area contributed by atoms with Crippen molar-refractivity contribution >= 4 is 29.0 Å². The molecule has 2 aromatic heterocycles. The van der Waals surface area contributed by atoms with E-state index in [4.69, 9.17) is 23.2 Å². The van der Waals surface area contributed by atoms with Gasteiger partial charge in [0.15, 0.2) is 0 Å². The maximum Gasteiger partial charge on any atom is 0.128 e. The van der Waals surface area contributed by atoms with Gasteiger partial charge >= 0.3 is 0 Å². The van der Waals surface area contributed by atoms with Crippen molar-refractivity contribution < 1.29 is 0 Å². The topological polar surface area (TPSA) is 29.0 Å². The van der Waals surface area contributed by atoms with Crippen LogP contribution in [0.1, 0.15) is 17.0 Å². The van der Waals surface area contributed by atoms with Gasteiger partial charge in [0.1, 0.15) is 5.82 Å². The molecule has 19 heavy (non-hydrogen) atoms. The zero-order chi connectivity index (χ0) is 13.8. The number of rotatable bonds is 4. The Bertz CT molecular complexity index is 572. The van der Waals surface area contributed by atoms with Gasteiger partial charge in [-0.25, -0.2) is 4.98 Å². The molecule has 0 aliphatic rings. The van der Waals surface area contributed by atoms with Crippen LogP contribution in [0.3, 0.4) is 0 Å². The van der Waals surface area contributed by atoms with E-state index in [1.165, 1.54) is 0 Å². The minimum Gasteiger partial charge on any atom is -0.354 e. The fourth-order valence-electron chi connectivity index (χ4n) is 1.79. The van der Waals surface area contributed by atoms with E-state index >= 15 is 0 Å². The highest BCUT2D eigenvalue weighted by Crippen LogP contribution is 2.22. The Labute approximate surface area is 123 Å². The summed E-state index contributed by atoms with van der Waals surface area (Å²) < 4.78 is 0. The predicted molar refractivity (Wildman–Crippen MR) is 79.9 cm³/mol. The molecule has 0 unspecified atom stereocenters. The fourth-order valence-corrected chi connectivity index (χ4v) is 2.25. The van der Waals surface area contributed by atoms with E-state index in [1.54, 1.807) is 6.20 Å². The number of aryl methyl sites for hydroxylation is 1. The lowest BCUT2D eigenvalue weighted by Gasteiger charge is -2.18. The molecule has 5 heteroatoms. The molecule has 2 heterocycles. The largest absolute Gasteiger partial charge is 0.354 e. The lowest BCUT2D eigenvalue weighted by molar-refractivity contribution is 0.858. The number of anilines is 1. The van der Waals surface area contributed by atoms with Crippen LogP contribution in [0.4, 0.5) is 5.82 Å². The summed E-state index contributed by atoms with van der Waals surface area (Å²) >= 11 is 11.9. The highest BCUT2D eigenvalue weighted by atomic mass is 35.5. The van der Waals surface area contributed by atoms with Crippen molar-refractivity contribution in [3.8, 4) is 0 Å². The van der Waals surface area contributed by atoms with E-state index in [1.807, 2.05) is 43.1 Å². The van der Waals surface area contributed by atoms with E-state index in [-0.39, 0.29) is 0 Å². The normalized spacial score (nSPS) is 10.5. The Morgan fingerprint density at radius 1 is 1.32 bits per heavy atom. The number of halogens is 2. The third kappa shape index (κ3) is 3.58. The minimum atomic E-state index is 0.380. The van der Waals surface area contributed by atoms with Crippen molar-refractivity contribution in [2.75, 3.05) is 11.9 Å². The predicted octanol–water partition coefficient (Wildman–Crippen LogP) is 3.81. The number of nitrogens with zero attached hydrogens (tertiary/aromatic N) is 3. The molecule has 2 aromatic rings. The van der Waals surface area contributed by atoms with E-state index in [0.29, 0.717) is 17.4 Å². The number of hydrogen-bond donors (Lipinski definition) is 0. The van der Waals surface area contributed by atoms with Crippen LogP contribution in [0, 0.1) is 6.92 Å². The van der Waals surface area contributed by atoms with Gasteiger partial charge in [-0.05, 0) is 30.7 Å². The fraction of sp³-hybridized carbons (Fsp3) is 0.286. The molecule has 100 valence electrons. The molecule has 0 aliphatic heterocycles. The van der Waals surface area contributed by atoms with Gasteiger partial charge in [0.25, 0.3) is 0 Å². The van der Waals surface area contributed by atoms with Crippen LogP contribution < -0.4 is 4.90 Å².